The van der Waals surface area contributed by atoms with Crippen LogP contribution < -0.4 is 10.6 Å². The number of nitrogens with zero attached hydrogens (tertiary/aromatic N) is 3. The van der Waals surface area contributed by atoms with Crippen molar-refractivity contribution in [3.8, 4) is 0 Å². The fourth-order valence-electron chi connectivity index (χ4n) is 4.34. The quantitative estimate of drug-likeness (QED) is 0.139. The molecule has 2 heterocycles. The maximum atomic E-state index is 13.1. The van der Waals surface area contributed by atoms with Gasteiger partial charge in [-0.1, -0.05) is 17.2 Å². The number of anilines is 1. The van der Waals surface area contributed by atoms with Gasteiger partial charge in [-0.05, 0) is 24.6 Å². The van der Waals surface area contributed by atoms with Gasteiger partial charge < -0.3 is 50.0 Å². The van der Waals surface area contributed by atoms with Gasteiger partial charge in [-0.3, -0.25) is 9.59 Å². The van der Waals surface area contributed by atoms with Crippen molar-refractivity contribution in [3.05, 3.63) is 34.7 Å². The van der Waals surface area contributed by atoms with Gasteiger partial charge in [0.05, 0.1) is 18.8 Å². The minimum Gasteiger partial charge on any atom is -0.394 e. The first kappa shape index (κ1) is 28.7. The molecule has 3 rings (SSSR count). The van der Waals surface area contributed by atoms with Crippen LogP contribution in [0.2, 0.25) is 0 Å². The van der Waals surface area contributed by atoms with Gasteiger partial charge in [0.1, 0.15) is 36.6 Å². The highest BCUT2D eigenvalue weighted by Gasteiger charge is 2.52. The number of amides is 2. The number of carbonyl (C=O) groups is 2. The van der Waals surface area contributed by atoms with E-state index in [-0.39, 0.29) is 0 Å². The van der Waals surface area contributed by atoms with Crippen molar-refractivity contribution in [2.45, 2.75) is 75.0 Å². The van der Waals surface area contributed by atoms with E-state index in [2.05, 4.69) is 20.7 Å². The maximum absolute atomic E-state index is 13.1. The van der Waals surface area contributed by atoms with Crippen molar-refractivity contribution >= 4 is 23.2 Å². The summed E-state index contributed by atoms with van der Waals surface area (Å²) in [6.45, 7) is 2.31. The SMILES string of the molecule is CO[C@@H]1C(C(=O)Nc2ccc(N=[N+]=[N-])cc2)O[C@@H](O[C@@H]2C(NC(C)=O)C(C)OC(CO)[C@H]2O)C(O)[C@H]1O. The topological polar surface area (TPSA) is 225 Å². The summed E-state index contributed by atoms with van der Waals surface area (Å²) in [4.78, 5) is 27.5. The van der Waals surface area contributed by atoms with E-state index < -0.39 is 79.6 Å². The van der Waals surface area contributed by atoms with Gasteiger partial charge in [0.2, 0.25) is 5.91 Å². The second kappa shape index (κ2) is 12.6. The molecule has 37 heavy (non-hydrogen) atoms. The summed E-state index contributed by atoms with van der Waals surface area (Å²) >= 11 is 0. The molecule has 15 nitrogen and oxygen atoms in total. The lowest BCUT2D eigenvalue weighted by atomic mass is 9.92. The number of aliphatic hydroxyl groups is 4. The Kier molecular flexibility index (Phi) is 9.78. The van der Waals surface area contributed by atoms with Crippen LogP contribution in [0.25, 0.3) is 10.4 Å². The highest BCUT2D eigenvalue weighted by molar-refractivity contribution is 5.95. The minimum absolute atomic E-state index is 0.323. The molecule has 10 atom stereocenters. The number of aliphatic hydroxyl groups excluding tert-OH is 4. The molecule has 2 aliphatic heterocycles. The molecule has 0 aliphatic carbocycles. The van der Waals surface area contributed by atoms with Crippen molar-refractivity contribution in [1.29, 1.82) is 0 Å². The van der Waals surface area contributed by atoms with Crippen LogP contribution in [0.15, 0.2) is 29.4 Å². The molecular weight excluding hydrogens is 494 g/mol. The summed E-state index contributed by atoms with van der Waals surface area (Å²) < 4.78 is 22.3. The average molecular weight is 526 g/mol. The summed E-state index contributed by atoms with van der Waals surface area (Å²) in [6, 6.07) is 5.01. The molecule has 0 aromatic heterocycles. The summed E-state index contributed by atoms with van der Waals surface area (Å²) in [5.41, 5.74) is 9.17. The molecule has 2 aliphatic rings. The van der Waals surface area contributed by atoms with Crippen molar-refractivity contribution in [1.82, 2.24) is 5.32 Å². The first-order valence-electron chi connectivity index (χ1n) is 11.5. The predicted octanol–water partition coefficient (Wildman–Crippen LogP) is -0.941. The van der Waals surface area contributed by atoms with Crippen LogP contribution in [-0.4, -0.2) is 107 Å². The summed E-state index contributed by atoms with van der Waals surface area (Å²) in [6.07, 6.45) is -12.2. The van der Waals surface area contributed by atoms with Crippen molar-refractivity contribution < 1.29 is 49.0 Å². The Hall–Kier alpha value is -2.85. The summed E-state index contributed by atoms with van der Waals surface area (Å²) in [5, 5.41) is 50.3. The third-order valence-corrected chi connectivity index (χ3v) is 6.18. The molecule has 0 saturated carbocycles. The molecule has 2 fully saturated rings. The highest BCUT2D eigenvalue weighted by atomic mass is 16.7. The van der Waals surface area contributed by atoms with E-state index in [1.807, 2.05) is 0 Å². The van der Waals surface area contributed by atoms with Gasteiger partial charge in [0.25, 0.3) is 5.91 Å². The standard InChI is InChI=1S/C22H31N5O10/c1-9-14(24-10(2)29)18(15(30)13(8-28)35-9)36-22-17(32)16(31)19(34-3)20(37-22)21(33)25-11-4-6-12(7-5-11)26-27-23/h4-7,9,13-20,22,28,30-32H,8H2,1-3H3,(H,24,29)(H,25,33)/t9?,13?,14?,15-,16-,17?,18-,19+,20?,22-/m1/s1. The summed E-state index contributed by atoms with van der Waals surface area (Å²) in [5.74, 6) is -1.19. The number of hydrogen-bond acceptors (Lipinski definition) is 11. The molecule has 2 amide bonds. The Labute approximate surface area is 211 Å². The van der Waals surface area contributed by atoms with E-state index in [4.69, 9.17) is 24.5 Å². The number of methoxy groups -OCH3 is 1. The number of ether oxygens (including phenoxy) is 4. The van der Waals surface area contributed by atoms with Crippen LogP contribution in [0.3, 0.4) is 0 Å². The Morgan fingerprint density at radius 2 is 1.78 bits per heavy atom. The van der Waals surface area contributed by atoms with E-state index in [1.54, 1.807) is 6.92 Å². The number of azide groups is 1. The third kappa shape index (κ3) is 6.54. The van der Waals surface area contributed by atoms with Gasteiger partial charge in [-0.2, -0.15) is 0 Å². The Morgan fingerprint density at radius 1 is 1.11 bits per heavy atom. The molecule has 5 unspecified atom stereocenters. The van der Waals surface area contributed by atoms with Gasteiger partial charge in [-0.15, -0.1) is 0 Å². The average Bonchev–Trinajstić information content (AvgIpc) is 2.86. The molecule has 0 spiro atoms. The van der Waals surface area contributed by atoms with Crippen LogP contribution in [0.5, 0.6) is 0 Å². The number of rotatable bonds is 8. The van der Waals surface area contributed by atoms with Crippen LogP contribution in [0.1, 0.15) is 13.8 Å². The second-order valence-corrected chi connectivity index (χ2v) is 8.71. The first-order chi connectivity index (χ1) is 17.6. The molecule has 1 aromatic rings. The van der Waals surface area contributed by atoms with Crippen molar-refractivity contribution in [3.63, 3.8) is 0 Å². The fraction of sp³-hybridized carbons (Fsp3) is 0.636. The minimum atomic E-state index is -1.70. The predicted molar refractivity (Wildman–Crippen MR) is 125 cm³/mol. The highest BCUT2D eigenvalue weighted by Crippen LogP contribution is 2.30. The van der Waals surface area contributed by atoms with Crippen LogP contribution >= 0.6 is 0 Å². The van der Waals surface area contributed by atoms with Crippen LogP contribution in [0, 0.1) is 0 Å². The number of benzene rings is 1. The van der Waals surface area contributed by atoms with Crippen molar-refractivity contribution in [2.24, 2.45) is 5.11 Å². The third-order valence-electron chi connectivity index (χ3n) is 6.18. The van der Waals surface area contributed by atoms with Crippen LogP contribution in [-0.2, 0) is 28.5 Å². The molecule has 15 heteroatoms. The monoisotopic (exact) mass is 525 g/mol. The molecule has 0 bridgehead atoms. The number of nitrogens with one attached hydrogen (secondary N) is 2. The molecular formula is C22H31N5O10. The lowest BCUT2D eigenvalue weighted by Gasteiger charge is -2.47. The molecule has 1 aromatic carbocycles. The van der Waals surface area contributed by atoms with E-state index in [0.717, 1.165) is 0 Å². The Balaban J connectivity index is 1.82. The lowest BCUT2D eigenvalue weighted by molar-refractivity contribution is -0.325. The lowest BCUT2D eigenvalue weighted by Crippen LogP contribution is -2.67. The molecule has 6 N–H and O–H groups in total. The van der Waals surface area contributed by atoms with E-state index in [9.17, 15) is 30.0 Å². The number of carbonyl (C=O) groups excluding carboxylic acids is 2. The summed E-state index contributed by atoms with van der Waals surface area (Å²) in [7, 11) is 1.22. The fourth-order valence-corrected chi connectivity index (χ4v) is 4.34. The van der Waals surface area contributed by atoms with E-state index in [1.165, 1.54) is 38.3 Å². The zero-order chi connectivity index (χ0) is 27.3. The normalized spacial score (nSPS) is 35.8. The Morgan fingerprint density at radius 3 is 2.35 bits per heavy atom. The smallest absolute Gasteiger partial charge is 0.256 e. The zero-order valence-electron chi connectivity index (χ0n) is 20.4. The Bertz CT molecular complexity index is 991. The zero-order valence-corrected chi connectivity index (χ0v) is 20.4. The largest absolute Gasteiger partial charge is 0.394 e. The first-order valence-corrected chi connectivity index (χ1v) is 11.5. The molecule has 204 valence electrons. The van der Waals surface area contributed by atoms with Gasteiger partial charge in [0.15, 0.2) is 12.4 Å². The van der Waals surface area contributed by atoms with Crippen molar-refractivity contribution in [2.75, 3.05) is 19.0 Å². The van der Waals surface area contributed by atoms with Gasteiger partial charge >= 0.3 is 0 Å². The number of hydrogen-bond donors (Lipinski definition) is 6. The molecule has 0 radical (unpaired) electrons. The van der Waals surface area contributed by atoms with Gasteiger partial charge in [-0.25, -0.2) is 0 Å². The second-order valence-electron chi connectivity index (χ2n) is 8.71. The maximum Gasteiger partial charge on any atom is 0.256 e. The van der Waals surface area contributed by atoms with Crippen LogP contribution in [0.4, 0.5) is 11.4 Å². The van der Waals surface area contributed by atoms with E-state index >= 15 is 0 Å². The molecule has 2 saturated heterocycles. The van der Waals surface area contributed by atoms with Gasteiger partial charge in [0, 0.05) is 30.3 Å². The van der Waals surface area contributed by atoms with E-state index in [0.29, 0.717) is 11.4 Å².